The predicted octanol–water partition coefficient (Wildman–Crippen LogP) is -0.118. The predicted molar refractivity (Wildman–Crippen MR) is 21.6 cm³/mol. The van der Waals surface area contributed by atoms with Crippen molar-refractivity contribution in [2.75, 3.05) is 21.2 Å². The molecule has 0 rings (SSSR count). The first-order chi connectivity index (χ1) is 2.41. The van der Waals surface area contributed by atoms with E-state index in [1.165, 1.54) is 0 Å². The standard InChI is InChI=1S/C2H7N.CH3O/c1-3-2;1-2/h3H,1-2H3;1H3. The topological polar surface area (TPSA) is 31.9 Å². The molecule has 33 valence electrons. The second-order valence-electron chi connectivity index (χ2n) is 0.500. The highest BCUT2D eigenvalue weighted by molar-refractivity contribution is 3.91. The Morgan fingerprint density at radius 3 is 1.20 bits per heavy atom. The zero-order valence-corrected chi connectivity index (χ0v) is 3.91. The van der Waals surface area contributed by atoms with Gasteiger partial charge in [-0.3, -0.25) is 0 Å². The van der Waals surface area contributed by atoms with Crippen molar-refractivity contribution in [3.05, 3.63) is 0 Å². The second-order valence-corrected chi connectivity index (χ2v) is 0.500. The van der Waals surface area contributed by atoms with Gasteiger partial charge in [-0.25, -0.2) is 5.11 Å². The Morgan fingerprint density at radius 1 is 1.20 bits per heavy atom. The average molecular weight is 76.1 g/mol. The van der Waals surface area contributed by atoms with Gasteiger partial charge in [-0.2, -0.15) is 0 Å². The van der Waals surface area contributed by atoms with Gasteiger partial charge in [-0.15, -0.1) is 0 Å². The first-order valence-corrected chi connectivity index (χ1v) is 1.41. The molecule has 0 atom stereocenters. The summed E-state index contributed by atoms with van der Waals surface area (Å²) < 4.78 is 0. The first kappa shape index (κ1) is 8.87. The summed E-state index contributed by atoms with van der Waals surface area (Å²) in [7, 11) is 4.50. The van der Waals surface area contributed by atoms with E-state index in [1.54, 1.807) is 0 Å². The Morgan fingerprint density at radius 2 is 1.20 bits per heavy atom. The molecule has 0 fully saturated rings. The van der Waals surface area contributed by atoms with Crippen molar-refractivity contribution < 1.29 is 5.11 Å². The van der Waals surface area contributed by atoms with Gasteiger partial charge >= 0.3 is 0 Å². The van der Waals surface area contributed by atoms with Crippen molar-refractivity contribution in [1.82, 2.24) is 5.32 Å². The lowest BCUT2D eigenvalue weighted by atomic mass is 11.3. The second kappa shape index (κ2) is 39.5. The molecular formula is C3H10NO. The van der Waals surface area contributed by atoms with E-state index in [9.17, 15) is 0 Å². The molecule has 2 heteroatoms. The molecule has 0 unspecified atom stereocenters. The van der Waals surface area contributed by atoms with Crippen LogP contribution in [0.5, 0.6) is 0 Å². The molecule has 0 aliphatic heterocycles. The summed E-state index contributed by atoms with van der Waals surface area (Å²) in [5, 5.41) is 11.0. The maximum absolute atomic E-state index is 8.25. The summed E-state index contributed by atoms with van der Waals surface area (Å²) in [6.45, 7) is 0. The van der Waals surface area contributed by atoms with Gasteiger partial charge in [0.25, 0.3) is 0 Å². The normalized spacial score (nSPS) is 4.80. The Hall–Kier alpha value is -0.0800. The summed E-state index contributed by atoms with van der Waals surface area (Å²) in [5.41, 5.74) is 0. The molecule has 5 heavy (non-hydrogen) atoms. The van der Waals surface area contributed by atoms with E-state index in [0.717, 1.165) is 7.11 Å². The third-order valence-electron chi connectivity index (χ3n) is 0. The molecule has 0 aromatic heterocycles. The Bertz CT molecular complexity index is 6.85. The lowest BCUT2D eigenvalue weighted by molar-refractivity contribution is 0.282. The molecule has 1 N–H and O–H groups in total. The van der Waals surface area contributed by atoms with Crippen LogP contribution in [0.3, 0.4) is 0 Å². The molecule has 0 aliphatic rings. The monoisotopic (exact) mass is 76.1 g/mol. The molecular weight excluding hydrogens is 66.0 g/mol. The Labute approximate surface area is 32.8 Å². The SMILES string of the molecule is CNC.C[O]. The van der Waals surface area contributed by atoms with Crippen molar-refractivity contribution in [3.63, 3.8) is 0 Å². The van der Waals surface area contributed by atoms with Crippen LogP contribution in [0, 0.1) is 0 Å². The highest BCUT2D eigenvalue weighted by Crippen LogP contribution is 0.981. The van der Waals surface area contributed by atoms with Crippen LogP contribution in [0.15, 0.2) is 0 Å². The van der Waals surface area contributed by atoms with Crippen LogP contribution in [0.2, 0.25) is 0 Å². The molecule has 0 saturated carbocycles. The van der Waals surface area contributed by atoms with Crippen LogP contribution in [0.4, 0.5) is 0 Å². The fourth-order valence-corrected chi connectivity index (χ4v) is 0. The largest absolute Gasteiger partial charge is 0.323 e. The van der Waals surface area contributed by atoms with Gasteiger partial charge in [0.15, 0.2) is 0 Å². The van der Waals surface area contributed by atoms with E-state index in [0.29, 0.717) is 0 Å². The molecule has 0 aromatic rings. The minimum absolute atomic E-state index is 0.750. The van der Waals surface area contributed by atoms with Crippen molar-refractivity contribution >= 4 is 0 Å². The van der Waals surface area contributed by atoms with E-state index in [-0.39, 0.29) is 0 Å². The average Bonchev–Trinajstić information content (AvgIpc) is 1.46. The van der Waals surface area contributed by atoms with Crippen molar-refractivity contribution in [1.29, 1.82) is 0 Å². The molecule has 0 spiro atoms. The van der Waals surface area contributed by atoms with Crippen LogP contribution in [0.25, 0.3) is 0 Å². The van der Waals surface area contributed by atoms with E-state index < -0.39 is 0 Å². The van der Waals surface area contributed by atoms with Crippen LogP contribution in [-0.2, 0) is 5.11 Å². The first-order valence-electron chi connectivity index (χ1n) is 1.41. The van der Waals surface area contributed by atoms with Gasteiger partial charge < -0.3 is 5.32 Å². The lowest BCUT2D eigenvalue weighted by Crippen LogP contribution is -1.89. The van der Waals surface area contributed by atoms with Gasteiger partial charge in [-0.1, -0.05) is 0 Å². The molecule has 0 aliphatic carbocycles. The zero-order valence-electron chi connectivity index (χ0n) is 3.91. The maximum atomic E-state index is 8.25. The third kappa shape index (κ3) is 2260. The molecule has 1 radical (unpaired) electrons. The van der Waals surface area contributed by atoms with Crippen LogP contribution in [-0.4, -0.2) is 21.2 Å². The minimum atomic E-state index is 0.750. The molecule has 0 heterocycles. The highest BCUT2D eigenvalue weighted by atomic mass is 16.2. The van der Waals surface area contributed by atoms with Crippen LogP contribution in [0.1, 0.15) is 0 Å². The van der Waals surface area contributed by atoms with E-state index in [2.05, 4.69) is 5.32 Å². The summed E-state index contributed by atoms with van der Waals surface area (Å²) in [4.78, 5) is 0. The van der Waals surface area contributed by atoms with E-state index >= 15 is 0 Å². The molecule has 0 aromatic carbocycles. The lowest BCUT2D eigenvalue weighted by Gasteiger charge is -1.59. The fourth-order valence-electron chi connectivity index (χ4n) is 0. The molecule has 0 saturated heterocycles. The smallest absolute Gasteiger partial charge is 0.0712 e. The Kier molecular flexibility index (Phi) is 70.0. The van der Waals surface area contributed by atoms with Gasteiger partial charge in [0, 0.05) is 0 Å². The minimum Gasteiger partial charge on any atom is -0.323 e. The van der Waals surface area contributed by atoms with Gasteiger partial charge in [0.05, 0.1) is 7.11 Å². The van der Waals surface area contributed by atoms with Crippen molar-refractivity contribution in [2.24, 2.45) is 0 Å². The summed E-state index contributed by atoms with van der Waals surface area (Å²) in [6.07, 6.45) is 0. The summed E-state index contributed by atoms with van der Waals surface area (Å²) >= 11 is 0. The maximum Gasteiger partial charge on any atom is 0.0712 e. The van der Waals surface area contributed by atoms with Crippen molar-refractivity contribution in [2.45, 2.75) is 0 Å². The molecule has 0 bridgehead atoms. The summed E-state index contributed by atoms with van der Waals surface area (Å²) in [6, 6.07) is 0. The number of hydrogen-bond acceptors (Lipinski definition) is 1. The molecule has 2 nitrogen and oxygen atoms in total. The zero-order chi connectivity index (χ0) is 4.71. The van der Waals surface area contributed by atoms with Gasteiger partial charge in [0.2, 0.25) is 0 Å². The highest BCUT2D eigenvalue weighted by Gasteiger charge is 1.25. The van der Waals surface area contributed by atoms with E-state index in [1.807, 2.05) is 14.1 Å². The fraction of sp³-hybridized carbons (Fsp3) is 1.00. The van der Waals surface area contributed by atoms with Crippen LogP contribution < -0.4 is 5.32 Å². The summed E-state index contributed by atoms with van der Waals surface area (Å²) in [5.74, 6) is 0. The number of rotatable bonds is 0. The van der Waals surface area contributed by atoms with Crippen LogP contribution >= 0.6 is 0 Å². The van der Waals surface area contributed by atoms with Crippen molar-refractivity contribution in [3.8, 4) is 0 Å². The number of hydrogen-bond donors (Lipinski definition) is 1. The van der Waals surface area contributed by atoms with Gasteiger partial charge in [-0.05, 0) is 14.1 Å². The van der Waals surface area contributed by atoms with E-state index in [4.69, 9.17) is 5.11 Å². The van der Waals surface area contributed by atoms with Gasteiger partial charge in [0.1, 0.15) is 0 Å². The quantitative estimate of drug-likeness (QED) is 0.428. The Balaban J connectivity index is 0. The number of nitrogens with one attached hydrogen (secondary N) is 1. The molecule has 0 amide bonds. The third-order valence-corrected chi connectivity index (χ3v) is 0.